The maximum Gasteiger partial charge on any atom is 0.260 e. The van der Waals surface area contributed by atoms with Crippen LogP contribution >= 0.6 is 0 Å². The van der Waals surface area contributed by atoms with Gasteiger partial charge in [0.15, 0.2) is 0 Å². The van der Waals surface area contributed by atoms with Crippen LogP contribution in [0, 0.1) is 12.8 Å². The van der Waals surface area contributed by atoms with Crippen LogP contribution < -0.4 is 10.9 Å². The summed E-state index contributed by atoms with van der Waals surface area (Å²) in [7, 11) is 0. The molecule has 1 saturated heterocycles. The molecular formula is C19H22N2O3. The molecular weight excluding hydrogens is 304 g/mol. The Morgan fingerprint density at radius 3 is 2.79 bits per heavy atom. The summed E-state index contributed by atoms with van der Waals surface area (Å²) >= 11 is 0. The van der Waals surface area contributed by atoms with Crippen molar-refractivity contribution in [2.75, 3.05) is 13.2 Å². The lowest BCUT2D eigenvalue weighted by atomic mass is 9.89. The molecule has 1 aromatic heterocycles. The molecule has 2 N–H and O–H groups in total. The van der Waals surface area contributed by atoms with E-state index in [4.69, 9.17) is 4.74 Å². The average molecular weight is 326 g/mol. The second kappa shape index (κ2) is 7.45. The number of aromatic nitrogens is 1. The number of aromatic amines is 1. The van der Waals surface area contributed by atoms with E-state index < -0.39 is 0 Å². The van der Waals surface area contributed by atoms with Crippen molar-refractivity contribution >= 4 is 5.91 Å². The lowest BCUT2D eigenvalue weighted by Gasteiger charge is -2.32. The van der Waals surface area contributed by atoms with Crippen molar-refractivity contribution in [3.8, 4) is 0 Å². The van der Waals surface area contributed by atoms with E-state index in [1.165, 1.54) is 0 Å². The predicted octanol–water partition coefficient (Wildman–Crippen LogP) is 2.58. The fourth-order valence-electron chi connectivity index (χ4n) is 3.13. The molecule has 1 aromatic carbocycles. The van der Waals surface area contributed by atoms with E-state index in [0.29, 0.717) is 6.54 Å². The van der Waals surface area contributed by atoms with Gasteiger partial charge in [-0.15, -0.1) is 0 Å². The van der Waals surface area contributed by atoms with Gasteiger partial charge in [-0.1, -0.05) is 30.3 Å². The molecule has 2 aromatic rings. The monoisotopic (exact) mass is 326 g/mol. The van der Waals surface area contributed by atoms with Crippen molar-refractivity contribution in [3.63, 3.8) is 0 Å². The number of carbonyl (C=O) groups is 1. The third-order valence-corrected chi connectivity index (χ3v) is 4.40. The van der Waals surface area contributed by atoms with E-state index in [-0.39, 0.29) is 29.1 Å². The average Bonchev–Trinajstić information content (AvgIpc) is 2.61. The third-order valence-electron chi connectivity index (χ3n) is 4.40. The van der Waals surface area contributed by atoms with Crippen LogP contribution in [0.1, 0.15) is 40.6 Å². The number of carbonyl (C=O) groups excluding carboxylic acids is 1. The van der Waals surface area contributed by atoms with E-state index >= 15 is 0 Å². The Bertz CT molecular complexity index is 755. The largest absolute Gasteiger partial charge is 0.373 e. The first-order valence-electron chi connectivity index (χ1n) is 8.30. The zero-order chi connectivity index (χ0) is 16.9. The quantitative estimate of drug-likeness (QED) is 0.907. The van der Waals surface area contributed by atoms with Gasteiger partial charge in [0.25, 0.3) is 11.5 Å². The van der Waals surface area contributed by atoms with E-state index in [1.807, 2.05) is 18.2 Å². The van der Waals surface area contributed by atoms with Crippen LogP contribution in [0.4, 0.5) is 0 Å². The number of nitrogens with one attached hydrogen (secondary N) is 2. The summed E-state index contributed by atoms with van der Waals surface area (Å²) in [5.74, 6) is -0.136. The van der Waals surface area contributed by atoms with Gasteiger partial charge in [0.2, 0.25) is 0 Å². The van der Waals surface area contributed by atoms with Crippen molar-refractivity contribution in [3.05, 3.63) is 69.6 Å². The molecule has 1 fully saturated rings. The topological polar surface area (TPSA) is 71.2 Å². The van der Waals surface area contributed by atoms with Gasteiger partial charge in [-0.2, -0.15) is 0 Å². The summed E-state index contributed by atoms with van der Waals surface area (Å²) < 4.78 is 5.93. The second-order valence-corrected chi connectivity index (χ2v) is 6.20. The van der Waals surface area contributed by atoms with Gasteiger partial charge in [0.1, 0.15) is 5.56 Å². The van der Waals surface area contributed by atoms with Crippen molar-refractivity contribution in [2.24, 2.45) is 5.92 Å². The summed E-state index contributed by atoms with van der Waals surface area (Å²) in [6.07, 6.45) is 1.95. The lowest BCUT2D eigenvalue weighted by molar-refractivity contribution is -0.0272. The molecule has 0 aliphatic carbocycles. The number of hydrogen-bond donors (Lipinski definition) is 2. The van der Waals surface area contributed by atoms with Gasteiger partial charge in [-0.3, -0.25) is 9.59 Å². The van der Waals surface area contributed by atoms with Crippen LogP contribution in [0.5, 0.6) is 0 Å². The maximum atomic E-state index is 12.3. The van der Waals surface area contributed by atoms with E-state index in [0.717, 1.165) is 30.7 Å². The Morgan fingerprint density at radius 2 is 2.04 bits per heavy atom. The molecule has 0 unspecified atom stereocenters. The Labute approximate surface area is 141 Å². The number of benzene rings is 1. The van der Waals surface area contributed by atoms with Crippen molar-refractivity contribution in [1.29, 1.82) is 0 Å². The van der Waals surface area contributed by atoms with Gasteiger partial charge < -0.3 is 15.0 Å². The highest BCUT2D eigenvalue weighted by molar-refractivity contribution is 5.93. The number of aryl methyl sites for hydroxylation is 1. The number of hydrogen-bond acceptors (Lipinski definition) is 3. The summed E-state index contributed by atoms with van der Waals surface area (Å²) in [6.45, 7) is 3.01. The molecule has 24 heavy (non-hydrogen) atoms. The highest BCUT2D eigenvalue weighted by Crippen LogP contribution is 2.33. The zero-order valence-electron chi connectivity index (χ0n) is 13.7. The first-order chi connectivity index (χ1) is 11.6. The minimum absolute atomic E-state index is 0.0171. The molecule has 2 atom stereocenters. The summed E-state index contributed by atoms with van der Waals surface area (Å²) in [4.78, 5) is 26.8. The molecule has 0 saturated carbocycles. The van der Waals surface area contributed by atoms with E-state index in [2.05, 4.69) is 22.4 Å². The molecule has 5 heteroatoms. The number of rotatable bonds is 4. The fraction of sp³-hybridized carbons (Fsp3) is 0.368. The van der Waals surface area contributed by atoms with Crippen LogP contribution in [-0.2, 0) is 4.74 Å². The normalized spacial score (nSPS) is 20.5. The van der Waals surface area contributed by atoms with Crippen LogP contribution in [0.3, 0.4) is 0 Å². The van der Waals surface area contributed by atoms with Gasteiger partial charge in [0.05, 0.1) is 6.10 Å². The highest BCUT2D eigenvalue weighted by Gasteiger charge is 2.28. The molecule has 1 amide bonds. The number of amides is 1. The van der Waals surface area contributed by atoms with E-state index in [9.17, 15) is 9.59 Å². The molecule has 1 aliphatic heterocycles. The Kier molecular flexibility index (Phi) is 5.11. The molecule has 2 heterocycles. The van der Waals surface area contributed by atoms with Crippen LogP contribution in [0.25, 0.3) is 0 Å². The molecule has 1 aliphatic rings. The lowest BCUT2D eigenvalue weighted by Crippen LogP contribution is -2.37. The molecule has 0 spiro atoms. The van der Waals surface area contributed by atoms with Crippen LogP contribution in [0.15, 0.2) is 47.3 Å². The highest BCUT2D eigenvalue weighted by atomic mass is 16.5. The maximum absolute atomic E-state index is 12.3. The minimum atomic E-state index is -0.355. The molecule has 5 nitrogen and oxygen atoms in total. The zero-order valence-corrected chi connectivity index (χ0v) is 13.7. The first-order valence-corrected chi connectivity index (χ1v) is 8.30. The molecule has 3 rings (SSSR count). The summed E-state index contributed by atoms with van der Waals surface area (Å²) in [5.41, 5.74) is 1.66. The Balaban J connectivity index is 1.68. The van der Waals surface area contributed by atoms with Gasteiger partial charge in [-0.05, 0) is 37.5 Å². The first kappa shape index (κ1) is 16.5. The smallest absolute Gasteiger partial charge is 0.260 e. The summed E-state index contributed by atoms with van der Waals surface area (Å²) in [6, 6.07) is 13.4. The Hall–Kier alpha value is -2.40. The Morgan fingerprint density at radius 1 is 1.25 bits per heavy atom. The standard InChI is InChI=1S/C19H22N2O3/c1-13-9-10-16(19(23)21-13)18(22)20-12-15-8-5-11-24-17(15)14-6-3-2-4-7-14/h2-4,6-7,9-10,15,17H,5,8,11-12H2,1H3,(H,20,22)(H,21,23)/t15-,17+/m0/s1. The van der Waals surface area contributed by atoms with Crippen LogP contribution in [0.2, 0.25) is 0 Å². The predicted molar refractivity (Wildman–Crippen MR) is 92.0 cm³/mol. The molecule has 0 radical (unpaired) electrons. The van der Waals surface area contributed by atoms with E-state index in [1.54, 1.807) is 19.1 Å². The second-order valence-electron chi connectivity index (χ2n) is 6.20. The SMILES string of the molecule is Cc1ccc(C(=O)NC[C@@H]2CCCO[C@@H]2c2ccccc2)c(=O)[nH]1. The summed E-state index contributed by atoms with van der Waals surface area (Å²) in [5, 5.41) is 2.89. The fourth-order valence-corrected chi connectivity index (χ4v) is 3.13. The third kappa shape index (κ3) is 3.74. The van der Waals surface area contributed by atoms with Gasteiger partial charge >= 0.3 is 0 Å². The van der Waals surface area contributed by atoms with Crippen molar-refractivity contribution in [1.82, 2.24) is 10.3 Å². The minimum Gasteiger partial charge on any atom is -0.373 e. The number of H-pyrrole nitrogens is 1. The number of pyridine rings is 1. The number of ether oxygens (including phenoxy) is 1. The van der Waals surface area contributed by atoms with Crippen molar-refractivity contribution < 1.29 is 9.53 Å². The van der Waals surface area contributed by atoms with Gasteiger partial charge in [-0.25, -0.2) is 0 Å². The van der Waals surface area contributed by atoms with Crippen LogP contribution in [-0.4, -0.2) is 24.0 Å². The van der Waals surface area contributed by atoms with Gasteiger partial charge in [0, 0.05) is 24.8 Å². The van der Waals surface area contributed by atoms with Crippen molar-refractivity contribution in [2.45, 2.75) is 25.9 Å². The molecule has 0 bridgehead atoms. The molecule has 126 valence electrons.